The van der Waals surface area contributed by atoms with Crippen molar-refractivity contribution in [2.24, 2.45) is 0 Å². The highest BCUT2D eigenvalue weighted by atomic mass is 16.5. The summed E-state index contributed by atoms with van der Waals surface area (Å²) in [6.45, 7) is 0. The topological polar surface area (TPSA) is 105 Å². The van der Waals surface area contributed by atoms with Gasteiger partial charge in [0.15, 0.2) is 23.7 Å². The molecule has 2 atom stereocenters. The second-order valence-corrected chi connectivity index (χ2v) is 5.30. The van der Waals surface area contributed by atoms with Gasteiger partial charge in [0, 0.05) is 12.1 Å². The van der Waals surface area contributed by atoms with E-state index in [0.717, 1.165) is 0 Å². The first-order valence-corrected chi connectivity index (χ1v) is 7.13. The minimum atomic E-state index is -1.52. The van der Waals surface area contributed by atoms with Crippen molar-refractivity contribution in [3.8, 4) is 28.7 Å². The fourth-order valence-corrected chi connectivity index (χ4v) is 2.66. The molecule has 2 aromatic rings. The number of hydrogen-bond donors (Lipinski definition) is 3. The molecule has 3 N–H and O–H groups in total. The first-order chi connectivity index (χ1) is 11.5. The van der Waals surface area contributed by atoms with Crippen molar-refractivity contribution >= 4 is 5.78 Å². The Morgan fingerprint density at radius 3 is 2.42 bits per heavy atom. The zero-order valence-corrected chi connectivity index (χ0v) is 13.0. The fourth-order valence-electron chi connectivity index (χ4n) is 2.66. The second kappa shape index (κ2) is 5.93. The Morgan fingerprint density at radius 1 is 1.04 bits per heavy atom. The van der Waals surface area contributed by atoms with Crippen molar-refractivity contribution in [1.82, 2.24) is 0 Å². The van der Waals surface area contributed by atoms with Crippen LogP contribution in [0.4, 0.5) is 0 Å². The van der Waals surface area contributed by atoms with Gasteiger partial charge >= 0.3 is 0 Å². The van der Waals surface area contributed by atoms with Gasteiger partial charge in [0.1, 0.15) is 22.8 Å². The highest BCUT2D eigenvalue weighted by Crippen LogP contribution is 2.43. The van der Waals surface area contributed by atoms with Gasteiger partial charge in [0.25, 0.3) is 0 Å². The Kier molecular flexibility index (Phi) is 3.94. The number of aliphatic hydroxyl groups is 1. The van der Waals surface area contributed by atoms with Gasteiger partial charge in [-0.15, -0.1) is 0 Å². The lowest BCUT2D eigenvalue weighted by atomic mass is 9.92. The smallest absolute Gasteiger partial charge is 0.202 e. The van der Waals surface area contributed by atoms with E-state index in [2.05, 4.69) is 0 Å². The van der Waals surface area contributed by atoms with E-state index in [4.69, 9.17) is 14.2 Å². The lowest BCUT2D eigenvalue weighted by Gasteiger charge is -2.30. The van der Waals surface area contributed by atoms with Gasteiger partial charge in [0.05, 0.1) is 14.2 Å². The van der Waals surface area contributed by atoms with Gasteiger partial charge in [-0.25, -0.2) is 0 Å². The van der Waals surface area contributed by atoms with Crippen molar-refractivity contribution in [1.29, 1.82) is 0 Å². The third-order valence-electron chi connectivity index (χ3n) is 3.88. The number of rotatable bonds is 3. The zero-order valence-electron chi connectivity index (χ0n) is 13.0. The van der Waals surface area contributed by atoms with Crippen molar-refractivity contribution in [3.05, 3.63) is 41.5 Å². The molecule has 0 fully saturated rings. The number of methoxy groups -OCH3 is 2. The Balaban J connectivity index is 2.05. The molecular formula is C17H16O7. The third-order valence-corrected chi connectivity index (χ3v) is 3.88. The van der Waals surface area contributed by atoms with Crippen molar-refractivity contribution in [2.45, 2.75) is 12.2 Å². The number of carbonyl (C=O) groups is 1. The van der Waals surface area contributed by atoms with E-state index in [1.165, 1.54) is 38.5 Å². The normalized spacial score (nSPS) is 19.4. The molecule has 1 aliphatic rings. The predicted molar refractivity (Wildman–Crippen MR) is 83.0 cm³/mol. The van der Waals surface area contributed by atoms with Gasteiger partial charge in [-0.1, -0.05) is 6.07 Å². The van der Waals surface area contributed by atoms with Crippen LogP contribution >= 0.6 is 0 Å². The molecular weight excluding hydrogens is 316 g/mol. The lowest BCUT2D eigenvalue weighted by Crippen LogP contribution is -2.36. The van der Waals surface area contributed by atoms with Crippen LogP contribution < -0.4 is 14.2 Å². The molecule has 7 heteroatoms. The molecule has 2 aromatic carbocycles. The van der Waals surface area contributed by atoms with Crippen LogP contribution in [0.2, 0.25) is 0 Å². The monoisotopic (exact) mass is 332 g/mol. The van der Waals surface area contributed by atoms with Crippen LogP contribution in [-0.2, 0) is 0 Å². The molecule has 0 spiro atoms. The molecule has 0 amide bonds. The van der Waals surface area contributed by atoms with Crippen LogP contribution in [0.25, 0.3) is 0 Å². The molecule has 0 unspecified atom stereocenters. The number of phenolic OH excluding ortho intramolecular Hbond substituents is 2. The average molecular weight is 332 g/mol. The number of ketones is 1. The first-order valence-electron chi connectivity index (χ1n) is 7.13. The molecule has 0 bridgehead atoms. The molecule has 7 nitrogen and oxygen atoms in total. The van der Waals surface area contributed by atoms with E-state index in [1.54, 1.807) is 6.07 Å². The minimum Gasteiger partial charge on any atom is -0.507 e. The van der Waals surface area contributed by atoms with Crippen LogP contribution in [0.15, 0.2) is 30.3 Å². The summed E-state index contributed by atoms with van der Waals surface area (Å²) in [7, 11) is 2.83. The van der Waals surface area contributed by atoms with E-state index in [1.807, 2.05) is 0 Å². The molecule has 0 saturated heterocycles. The lowest BCUT2D eigenvalue weighted by molar-refractivity contribution is 0.0210. The Bertz CT molecular complexity index is 800. The summed E-state index contributed by atoms with van der Waals surface area (Å²) in [5.41, 5.74) is 0.291. The standard InChI is InChI=1S/C17H16O7/c1-22-9-6-11(19)14-13(7-9)24-17(16(21)15(14)20)8-3-4-12(23-2)10(18)5-8/h3-7,16-19,21H,1-2H3/t16-,17-/m1/s1. The number of aliphatic hydroxyl groups excluding tert-OH is 1. The molecule has 0 radical (unpaired) electrons. The highest BCUT2D eigenvalue weighted by Gasteiger charge is 2.39. The van der Waals surface area contributed by atoms with Crippen LogP contribution in [0.3, 0.4) is 0 Å². The molecule has 0 aliphatic carbocycles. The summed E-state index contributed by atoms with van der Waals surface area (Å²) in [6.07, 6.45) is -2.56. The molecule has 3 rings (SSSR count). The number of ether oxygens (including phenoxy) is 3. The van der Waals surface area contributed by atoms with Crippen LogP contribution in [0.5, 0.6) is 28.7 Å². The second-order valence-electron chi connectivity index (χ2n) is 5.30. The number of hydrogen-bond acceptors (Lipinski definition) is 7. The van der Waals surface area contributed by atoms with Gasteiger partial charge < -0.3 is 29.5 Å². The van der Waals surface area contributed by atoms with Crippen molar-refractivity contribution in [2.75, 3.05) is 14.2 Å². The van der Waals surface area contributed by atoms with E-state index >= 15 is 0 Å². The number of phenols is 2. The Labute approximate surface area is 137 Å². The Morgan fingerprint density at radius 2 is 1.79 bits per heavy atom. The molecule has 1 aliphatic heterocycles. The molecule has 24 heavy (non-hydrogen) atoms. The summed E-state index contributed by atoms with van der Waals surface area (Å²) in [6, 6.07) is 7.15. The summed E-state index contributed by atoms with van der Waals surface area (Å²) < 4.78 is 15.7. The maximum atomic E-state index is 12.4. The summed E-state index contributed by atoms with van der Waals surface area (Å²) in [5, 5.41) is 30.1. The fraction of sp³-hybridized carbons (Fsp3) is 0.235. The quantitative estimate of drug-likeness (QED) is 0.787. The predicted octanol–water partition coefficient (Wildman–Crippen LogP) is 1.79. The van der Waals surface area contributed by atoms with Gasteiger partial charge in [-0.2, -0.15) is 0 Å². The molecule has 1 heterocycles. The molecule has 0 aromatic heterocycles. The maximum absolute atomic E-state index is 12.4. The van der Waals surface area contributed by atoms with E-state index in [-0.39, 0.29) is 28.6 Å². The molecule has 126 valence electrons. The largest absolute Gasteiger partial charge is 0.507 e. The minimum absolute atomic E-state index is 0.0995. The number of fused-ring (bicyclic) bond motifs is 1. The van der Waals surface area contributed by atoms with Gasteiger partial charge in [-0.05, 0) is 17.7 Å². The number of Topliss-reactive ketones (excluding diaryl/α,β-unsaturated/α-hetero) is 1. The van der Waals surface area contributed by atoms with E-state index in [0.29, 0.717) is 11.3 Å². The number of benzene rings is 2. The van der Waals surface area contributed by atoms with Crippen molar-refractivity contribution in [3.63, 3.8) is 0 Å². The van der Waals surface area contributed by atoms with Crippen molar-refractivity contribution < 1.29 is 34.3 Å². The van der Waals surface area contributed by atoms with Crippen LogP contribution in [0, 0.1) is 0 Å². The van der Waals surface area contributed by atoms with Crippen LogP contribution in [-0.4, -0.2) is 41.4 Å². The van der Waals surface area contributed by atoms with E-state index in [9.17, 15) is 20.1 Å². The summed E-state index contributed by atoms with van der Waals surface area (Å²) >= 11 is 0. The Hall–Kier alpha value is -2.93. The summed E-state index contributed by atoms with van der Waals surface area (Å²) in [4.78, 5) is 12.4. The number of aromatic hydroxyl groups is 2. The first kappa shape index (κ1) is 15.9. The maximum Gasteiger partial charge on any atom is 0.202 e. The average Bonchev–Trinajstić information content (AvgIpc) is 2.57. The summed E-state index contributed by atoms with van der Waals surface area (Å²) in [5.74, 6) is -0.469. The number of carbonyl (C=O) groups excluding carboxylic acids is 1. The third kappa shape index (κ3) is 2.48. The van der Waals surface area contributed by atoms with E-state index < -0.39 is 18.0 Å². The highest BCUT2D eigenvalue weighted by molar-refractivity contribution is 6.05. The van der Waals surface area contributed by atoms with Gasteiger partial charge in [-0.3, -0.25) is 4.79 Å². The zero-order chi connectivity index (χ0) is 17.4. The molecule has 0 saturated carbocycles. The van der Waals surface area contributed by atoms with Crippen LogP contribution in [0.1, 0.15) is 22.0 Å². The van der Waals surface area contributed by atoms with Gasteiger partial charge in [0.2, 0.25) is 5.78 Å². The SMILES string of the molecule is COc1cc(O)c2c(c1)O[C@H](c1ccc(OC)c(O)c1)[C@H](O)C2=O.